The average molecular weight is 397 g/mol. The van der Waals surface area contributed by atoms with Crippen LogP contribution in [0.1, 0.15) is 6.92 Å². The number of hydrogen-bond donors (Lipinski definition) is 2. The van der Waals surface area contributed by atoms with Crippen LogP contribution in [-0.4, -0.2) is 45.8 Å². The number of fused-ring (bicyclic) bond motifs is 1. The van der Waals surface area contributed by atoms with Crippen LogP contribution in [0.25, 0.3) is 11.0 Å². The van der Waals surface area contributed by atoms with Crippen molar-refractivity contribution in [2.24, 2.45) is 16.0 Å². The van der Waals surface area contributed by atoms with Crippen molar-refractivity contribution in [1.82, 2.24) is 9.55 Å². The molecule has 0 saturated heterocycles. The van der Waals surface area contributed by atoms with E-state index in [0.717, 1.165) is 18.8 Å². The molecule has 0 unspecified atom stereocenters. The molecule has 3 aromatic rings. The number of nitrogens with two attached hydrogens (primary N) is 1. The maximum atomic E-state index is 11.0. The third kappa shape index (κ3) is 4.55. The summed E-state index contributed by atoms with van der Waals surface area (Å²) in [5, 5.41) is 28.8. The molecule has 152 valence electrons. The summed E-state index contributed by atoms with van der Waals surface area (Å²) in [5.41, 5.74) is 8.36. The Kier molecular flexibility index (Phi) is 6.47. The number of non-ortho nitro benzene ring substituents is 1. The van der Waals surface area contributed by atoms with Crippen molar-refractivity contribution in [3.63, 3.8) is 0 Å². The van der Waals surface area contributed by atoms with Crippen LogP contribution in [-0.2, 0) is 6.54 Å². The molecule has 0 spiro atoms. The first-order valence-electron chi connectivity index (χ1n) is 9.29. The average Bonchev–Trinajstić information content (AvgIpc) is 3.08. The number of hydrogen-bond acceptors (Lipinski definition) is 8. The second-order valence-electron chi connectivity index (χ2n) is 6.30. The van der Waals surface area contributed by atoms with Gasteiger partial charge in [0.15, 0.2) is 0 Å². The van der Waals surface area contributed by atoms with Crippen LogP contribution in [0.2, 0.25) is 0 Å². The first-order chi connectivity index (χ1) is 14.1. The summed E-state index contributed by atoms with van der Waals surface area (Å²) in [7, 11) is 0. The highest BCUT2D eigenvalue weighted by Crippen LogP contribution is 2.27. The predicted octanol–water partition coefficient (Wildman–Crippen LogP) is 3.14. The number of aliphatic hydroxyl groups is 1. The van der Waals surface area contributed by atoms with E-state index in [4.69, 9.17) is 5.73 Å². The molecule has 0 aliphatic carbocycles. The van der Waals surface area contributed by atoms with E-state index in [2.05, 4.69) is 27.0 Å². The molecular formula is C19H23N7O3. The van der Waals surface area contributed by atoms with Crippen molar-refractivity contribution in [1.29, 1.82) is 0 Å². The number of azo groups is 1. The second-order valence-corrected chi connectivity index (χ2v) is 6.30. The van der Waals surface area contributed by atoms with Gasteiger partial charge in [0.25, 0.3) is 11.6 Å². The molecule has 0 saturated carbocycles. The highest BCUT2D eigenvalue weighted by atomic mass is 16.6. The Bertz CT molecular complexity index is 1010. The Labute approximate surface area is 167 Å². The van der Waals surface area contributed by atoms with Crippen molar-refractivity contribution in [2.45, 2.75) is 13.5 Å². The Hall–Kier alpha value is -3.37. The molecule has 0 aliphatic heterocycles. The zero-order valence-electron chi connectivity index (χ0n) is 16.1. The van der Waals surface area contributed by atoms with E-state index < -0.39 is 4.92 Å². The first-order valence-corrected chi connectivity index (χ1v) is 9.29. The van der Waals surface area contributed by atoms with E-state index >= 15 is 0 Å². The predicted molar refractivity (Wildman–Crippen MR) is 111 cm³/mol. The molecule has 0 fully saturated rings. The largest absolute Gasteiger partial charge is 0.395 e. The van der Waals surface area contributed by atoms with Gasteiger partial charge in [-0.15, -0.1) is 10.2 Å². The summed E-state index contributed by atoms with van der Waals surface area (Å²) in [6.45, 7) is 4.41. The van der Waals surface area contributed by atoms with E-state index in [1.165, 1.54) is 12.1 Å². The molecule has 1 heterocycles. The molecule has 0 radical (unpaired) electrons. The van der Waals surface area contributed by atoms with Gasteiger partial charge in [0.05, 0.1) is 28.3 Å². The number of rotatable bonds is 9. The van der Waals surface area contributed by atoms with Crippen LogP contribution < -0.4 is 10.6 Å². The second kappa shape index (κ2) is 9.22. The molecule has 10 nitrogen and oxygen atoms in total. The normalized spacial score (nSPS) is 11.4. The van der Waals surface area contributed by atoms with Gasteiger partial charge >= 0.3 is 0 Å². The summed E-state index contributed by atoms with van der Waals surface area (Å²) < 4.78 is 1.68. The van der Waals surface area contributed by atoms with Gasteiger partial charge < -0.3 is 20.3 Å². The van der Waals surface area contributed by atoms with Crippen molar-refractivity contribution in [3.05, 3.63) is 52.6 Å². The molecular weight excluding hydrogens is 374 g/mol. The number of benzene rings is 2. The van der Waals surface area contributed by atoms with Gasteiger partial charge in [-0.2, -0.15) is 0 Å². The van der Waals surface area contributed by atoms with Crippen LogP contribution >= 0.6 is 0 Å². The van der Waals surface area contributed by atoms with Crippen LogP contribution in [0.4, 0.5) is 23.0 Å². The van der Waals surface area contributed by atoms with Gasteiger partial charge in [-0.05, 0) is 37.3 Å². The highest BCUT2D eigenvalue weighted by Gasteiger charge is 2.14. The van der Waals surface area contributed by atoms with Gasteiger partial charge in [-0.1, -0.05) is 0 Å². The Morgan fingerprint density at radius 1 is 1.24 bits per heavy atom. The third-order valence-electron chi connectivity index (χ3n) is 4.50. The first kappa shape index (κ1) is 20.4. The summed E-state index contributed by atoms with van der Waals surface area (Å²) in [6, 6.07) is 12.0. The fourth-order valence-electron chi connectivity index (χ4n) is 3.07. The van der Waals surface area contributed by atoms with Gasteiger partial charge in [0.1, 0.15) is 0 Å². The summed E-state index contributed by atoms with van der Waals surface area (Å²) in [6.07, 6.45) is 0. The Morgan fingerprint density at radius 3 is 2.62 bits per heavy atom. The Morgan fingerprint density at radius 2 is 2.00 bits per heavy atom. The number of aromatic nitrogens is 2. The maximum Gasteiger partial charge on any atom is 0.271 e. The summed E-state index contributed by atoms with van der Waals surface area (Å²) >= 11 is 0. The van der Waals surface area contributed by atoms with Crippen molar-refractivity contribution in [3.8, 4) is 0 Å². The topological polar surface area (TPSA) is 135 Å². The quantitative estimate of drug-likeness (QED) is 0.323. The van der Waals surface area contributed by atoms with Gasteiger partial charge in [0.2, 0.25) is 0 Å². The molecule has 1 aromatic heterocycles. The van der Waals surface area contributed by atoms with Crippen molar-refractivity contribution in [2.75, 3.05) is 31.1 Å². The number of nitro groups is 1. The number of nitro benzene ring substituents is 1. The minimum absolute atomic E-state index is 0.0526. The smallest absolute Gasteiger partial charge is 0.271 e. The Balaban J connectivity index is 1.89. The van der Waals surface area contributed by atoms with Gasteiger partial charge in [-0.3, -0.25) is 10.1 Å². The zero-order chi connectivity index (χ0) is 20.8. The number of imidazole rings is 1. The lowest BCUT2D eigenvalue weighted by Gasteiger charge is -2.22. The van der Waals surface area contributed by atoms with Crippen molar-refractivity contribution >= 4 is 34.0 Å². The molecule has 3 rings (SSSR count). The number of aliphatic hydroxyl groups excluding tert-OH is 1. The molecule has 0 bridgehead atoms. The third-order valence-corrected chi connectivity index (χ3v) is 4.50. The fraction of sp³-hybridized carbons (Fsp3) is 0.316. The van der Waals surface area contributed by atoms with Crippen LogP contribution in [0.5, 0.6) is 0 Å². The van der Waals surface area contributed by atoms with Gasteiger partial charge in [0, 0.05) is 44.0 Å². The SMILES string of the molecule is CCN(CCN)c1ccc(N=Nc2nc3cc([N+](=O)[O-])ccc3n2CCO)cc1. The lowest BCUT2D eigenvalue weighted by Crippen LogP contribution is -2.28. The van der Waals surface area contributed by atoms with Gasteiger partial charge in [-0.25, -0.2) is 4.98 Å². The summed E-state index contributed by atoms with van der Waals surface area (Å²) in [5.74, 6) is 0.275. The zero-order valence-corrected chi connectivity index (χ0v) is 16.1. The standard InChI is InChI=1S/C19H23N7O3/c1-2-24(10-9-20)15-5-3-14(4-6-15)22-23-19-21-17-13-16(26(28)29)7-8-18(17)25(19)11-12-27/h3-8,13,27H,2,9-12,20H2,1H3. The lowest BCUT2D eigenvalue weighted by atomic mass is 10.2. The van der Waals surface area contributed by atoms with Crippen molar-refractivity contribution < 1.29 is 10.0 Å². The van der Waals surface area contributed by atoms with Crippen LogP contribution in [0, 0.1) is 10.1 Å². The highest BCUT2D eigenvalue weighted by molar-refractivity contribution is 5.80. The molecule has 10 heteroatoms. The molecule has 0 aliphatic rings. The summed E-state index contributed by atoms with van der Waals surface area (Å²) in [4.78, 5) is 17.0. The molecule has 29 heavy (non-hydrogen) atoms. The monoisotopic (exact) mass is 397 g/mol. The molecule has 0 atom stereocenters. The number of likely N-dealkylation sites (N-methyl/N-ethyl adjacent to an activating group) is 1. The molecule has 3 N–H and O–H groups in total. The van der Waals surface area contributed by atoms with E-state index in [9.17, 15) is 15.2 Å². The van der Waals surface area contributed by atoms with E-state index in [0.29, 0.717) is 23.3 Å². The number of anilines is 1. The minimum atomic E-state index is -0.475. The molecule has 0 amide bonds. The van der Waals surface area contributed by atoms with E-state index in [1.807, 2.05) is 24.3 Å². The van der Waals surface area contributed by atoms with E-state index in [1.54, 1.807) is 10.6 Å². The van der Waals surface area contributed by atoms with Crippen LogP contribution in [0.15, 0.2) is 52.7 Å². The lowest BCUT2D eigenvalue weighted by molar-refractivity contribution is -0.384. The van der Waals surface area contributed by atoms with E-state index in [-0.39, 0.29) is 24.8 Å². The maximum absolute atomic E-state index is 11.0. The van der Waals surface area contributed by atoms with Crippen LogP contribution in [0.3, 0.4) is 0 Å². The fourth-order valence-corrected chi connectivity index (χ4v) is 3.07. The number of nitrogens with zero attached hydrogens (tertiary/aromatic N) is 6. The molecule has 2 aromatic carbocycles. The minimum Gasteiger partial charge on any atom is -0.395 e.